The highest BCUT2D eigenvalue weighted by atomic mass is 19.1. The average Bonchev–Trinajstić information content (AvgIpc) is 2.56. The highest BCUT2D eigenvalue weighted by Gasteiger charge is 2.02. The lowest BCUT2D eigenvalue weighted by atomic mass is 10.2. The van der Waals surface area contributed by atoms with Crippen molar-refractivity contribution in [2.24, 2.45) is 12.0 Å². The summed E-state index contributed by atoms with van der Waals surface area (Å²) in [6.07, 6.45) is 1.82. The Morgan fingerprint density at radius 3 is 2.35 bits per heavy atom. The van der Waals surface area contributed by atoms with Gasteiger partial charge in [-0.3, -0.25) is 4.99 Å². The molecule has 0 unspecified atom stereocenters. The van der Waals surface area contributed by atoms with Gasteiger partial charge in [-0.25, -0.2) is 4.39 Å². The summed E-state index contributed by atoms with van der Waals surface area (Å²) in [6.45, 7) is 4.11. The molecule has 1 aromatic carbocycles. The second kappa shape index (κ2) is 4.53. The van der Waals surface area contributed by atoms with Crippen LogP contribution in [0.1, 0.15) is 17.0 Å². The average molecular weight is 230 g/mol. The maximum atomic E-state index is 12.7. The number of aryl methyl sites for hydroxylation is 1. The second-order valence-corrected chi connectivity index (χ2v) is 4.12. The van der Waals surface area contributed by atoms with Crippen LogP contribution in [0.3, 0.4) is 0 Å². The molecule has 0 saturated carbocycles. The fraction of sp³-hybridized carbons (Fsp3) is 0.214. The molecule has 2 aromatic rings. The van der Waals surface area contributed by atoms with Crippen LogP contribution in [0.2, 0.25) is 0 Å². The minimum atomic E-state index is -0.240. The van der Waals surface area contributed by atoms with Gasteiger partial charge in [-0.1, -0.05) is 0 Å². The molecule has 2 rings (SSSR count). The summed E-state index contributed by atoms with van der Waals surface area (Å²) in [5.41, 5.74) is 4.22. The van der Waals surface area contributed by atoms with Crippen LogP contribution >= 0.6 is 0 Å². The van der Waals surface area contributed by atoms with Gasteiger partial charge in [0.15, 0.2) is 0 Å². The fourth-order valence-electron chi connectivity index (χ4n) is 1.69. The standard InChI is InChI=1S/C14H15FN2/c1-10-8-12(11(2)17(10)3)9-16-14-6-4-13(15)5-7-14/h4-9H,1-3H3. The third kappa shape index (κ3) is 2.44. The van der Waals surface area contributed by atoms with Gasteiger partial charge >= 0.3 is 0 Å². The first-order valence-corrected chi connectivity index (χ1v) is 5.50. The number of aliphatic imine (C=N–C) groups is 1. The smallest absolute Gasteiger partial charge is 0.123 e. The summed E-state index contributed by atoms with van der Waals surface area (Å²) >= 11 is 0. The second-order valence-electron chi connectivity index (χ2n) is 4.12. The first-order valence-electron chi connectivity index (χ1n) is 5.50. The Bertz CT molecular complexity index is 550. The maximum absolute atomic E-state index is 12.7. The molecule has 88 valence electrons. The molecule has 0 saturated heterocycles. The van der Waals surface area contributed by atoms with Crippen molar-refractivity contribution in [2.45, 2.75) is 13.8 Å². The van der Waals surface area contributed by atoms with E-state index in [1.807, 2.05) is 13.3 Å². The van der Waals surface area contributed by atoms with Crippen LogP contribution < -0.4 is 0 Å². The fourth-order valence-corrected chi connectivity index (χ4v) is 1.69. The van der Waals surface area contributed by atoms with Crippen molar-refractivity contribution < 1.29 is 4.39 Å². The lowest BCUT2D eigenvalue weighted by molar-refractivity contribution is 0.628. The van der Waals surface area contributed by atoms with Gasteiger partial charge in [0.05, 0.1) is 5.69 Å². The number of hydrogen-bond acceptors (Lipinski definition) is 1. The lowest BCUT2D eigenvalue weighted by Gasteiger charge is -1.98. The number of nitrogens with zero attached hydrogens (tertiary/aromatic N) is 2. The van der Waals surface area contributed by atoms with Crippen molar-refractivity contribution in [1.29, 1.82) is 0 Å². The third-order valence-corrected chi connectivity index (χ3v) is 2.99. The Labute approximate surface area is 100 Å². The first-order chi connectivity index (χ1) is 8.08. The van der Waals surface area contributed by atoms with Gasteiger partial charge in [-0.2, -0.15) is 0 Å². The highest BCUT2D eigenvalue weighted by Crippen LogP contribution is 2.15. The first kappa shape index (κ1) is 11.6. The van der Waals surface area contributed by atoms with Gasteiger partial charge in [-0.15, -0.1) is 0 Å². The number of hydrogen-bond donors (Lipinski definition) is 0. The molecular weight excluding hydrogens is 215 g/mol. The molecule has 0 N–H and O–H groups in total. The van der Waals surface area contributed by atoms with E-state index in [9.17, 15) is 4.39 Å². The SMILES string of the molecule is Cc1cc(C=Nc2ccc(F)cc2)c(C)n1C. The van der Waals surface area contributed by atoms with E-state index < -0.39 is 0 Å². The van der Waals surface area contributed by atoms with Crippen molar-refractivity contribution in [3.8, 4) is 0 Å². The quantitative estimate of drug-likeness (QED) is 0.702. The van der Waals surface area contributed by atoms with Crippen LogP contribution in [0.15, 0.2) is 35.3 Å². The van der Waals surface area contributed by atoms with Gasteiger partial charge in [-0.05, 0) is 44.2 Å². The van der Waals surface area contributed by atoms with E-state index >= 15 is 0 Å². The molecule has 17 heavy (non-hydrogen) atoms. The Morgan fingerprint density at radius 1 is 1.18 bits per heavy atom. The van der Waals surface area contributed by atoms with Gasteiger partial charge < -0.3 is 4.57 Å². The van der Waals surface area contributed by atoms with Gasteiger partial charge in [0.1, 0.15) is 5.82 Å². The van der Waals surface area contributed by atoms with Gasteiger partial charge in [0.25, 0.3) is 0 Å². The number of aromatic nitrogens is 1. The van der Waals surface area contributed by atoms with Crippen molar-refractivity contribution in [3.05, 3.63) is 53.1 Å². The Kier molecular flexibility index (Phi) is 3.09. The van der Waals surface area contributed by atoms with Crippen molar-refractivity contribution in [3.63, 3.8) is 0 Å². The van der Waals surface area contributed by atoms with Crippen LogP contribution in [0.5, 0.6) is 0 Å². The molecule has 0 amide bonds. The molecule has 0 radical (unpaired) electrons. The molecule has 2 nitrogen and oxygen atoms in total. The third-order valence-electron chi connectivity index (χ3n) is 2.99. The monoisotopic (exact) mass is 230 g/mol. The maximum Gasteiger partial charge on any atom is 0.123 e. The van der Waals surface area contributed by atoms with Crippen LogP contribution in [0.4, 0.5) is 10.1 Å². The molecular formula is C14H15FN2. The Morgan fingerprint density at radius 2 is 1.82 bits per heavy atom. The zero-order valence-electron chi connectivity index (χ0n) is 10.2. The van der Waals surface area contributed by atoms with Crippen LogP contribution in [-0.2, 0) is 7.05 Å². The summed E-state index contributed by atoms with van der Waals surface area (Å²) < 4.78 is 14.8. The van der Waals surface area contributed by atoms with E-state index in [0.717, 1.165) is 11.3 Å². The minimum Gasteiger partial charge on any atom is -0.352 e. The molecule has 0 atom stereocenters. The highest BCUT2D eigenvalue weighted by molar-refractivity contribution is 5.83. The molecule has 0 aliphatic heterocycles. The number of rotatable bonds is 2. The van der Waals surface area contributed by atoms with E-state index in [0.29, 0.717) is 0 Å². The summed E-state index contributed by atoms with van der Waals surface area (Å²) in [5.74, 6) is -0.240. The predicted molar refractivity (Wildman–Crippen MR) is 68.5 cm³/mol. The topological polar surface area (TPSA) is 17.3 Å². The molecule has 3 heteroatoms. The largest absolute Gasteiger partial charge is 0.352 e. The predicted octanol–water partition coefficient (Wildman–Crippen LogP) is 3.53. The lowest BCUT2D eigenvalue weighted by Crippen LogP contribution is -1.93. The van der Waals surface area contributed by atoms with Gasteiger partial charge in [0, 0.05) is 30.2 Å². The molecule has 0 aliphatic carbocycles. The van der Waals surface area contributed by atoms with Crippen molar-refractivity contribution in [2.75, 3.05) is 0 Å². The molecule has 0 bridgehead atoms. The summed E-state index contributed by atoms with van der Waals surface area (Å²) in [4.78, 5) is 4.33. The number of halogens is 1. The van der Waals surface area contributed by atoms with E-state index in [1.165, 1.54) is 23.5 Å². The van der Waals surface area contributed by atoms with E-state index in [-0.39, 0.29) is 5.82 Å². The van der Waals surface area contributed by atoms with Crippen molar-refractivity contribution >= 4 is 11.9 Å². The molecule has 1 heterocycles. The van der Waals surface area contributed by atoms with Crippen LogP contribution in [-0.4, -0.2) is 10.8 Å². The summed E-state index contributed by atoms with van der Waals surface area (Å²) in [5, 5.41) is 0. The molecule has 0 aliphatic rings. The Hall–Kier alpha value is -1.90. The van der Waals surface area contributed by atoms with E-state index in [4.69, 9.17) is 0 Å². The summed E-state index contributed by atoms with van der Waals surface area (Å²) in [7, 11) is 2.03. The van der Waals surface area contributed by atoms with Crippen molar-refractivity contribution in [1.82, 2.24) is 4.57 Å². The number of benzene rings is 1. The molecule has 0 spiro atoms. The van der Waals surface area contributed by atoms with E-state index in [1.54, 1.807) is 12.1 Å². The van der Waals surface area contributed by atoms with Gasteiger partial charge in [0.2, 0.25) is 0 Å². The zero-order chi connectivity index (χ0) is 12.4. The zero-order valence-corrected chi connectivity index (χ0v) is 10.2. The molecule has 0 fully saturated rings. The Balaban J connectivity index is 2.26. The minimum absolute atomic E-state index is 0.240. The van der Waals surface area contributed by atoms with Crippen LogP contribution in [0, 0.1) is 19.7 Å². The molecule has 1 aromatic heterocycles. The van der Waals surface area contributed by atoms with E-state index in [2.05, 4.69) is 29.5 Å². The normalized spacial score (nSPS) is 11.3. The van der Waals surface area contributed by atoms with Crippen LogP contribution in [0.25, 0.3) is 0 Å². The summed E-state index contributed by atoms with van der Waals surface area (Å²) in [6, 6.07) is 8.24.